The van der Waals surface area contributed by atoms with E-state index >= 15 is 0 Å². The second kappa shape index (κ2) is 4.63. The number of alkyl halides is 2. The summed E-state index contributed by atoms with van der Waals surface area (Å²) in [6.45, 7) is 1.48. The van der Waals surface area contributed by atoms with E-state index in [0.29, 0.717) is 0 Å². The van der Waals surface area contributed by atoms with Gasteiger partial charge in [0.05, 0.1) is 0 Å². The van der Waals surface area contributed by atoms with E-state index in [1.807, 2.05) is 0 Å². The summed E-state index contributed by atoms with van der Waals surface area (Å²) in [5.41, 5.74) is 0. The van der Waals surface area contributed by atoms with Gasteiger partial charge in [0.15, 0.2) is 0 Å². The van der Waals surface area contributed by atoms with Crippen LogP contribution in [0.5, 0.6) is 0 Å². The molecule has 0 unspecified atom stereocenters. The van der Waals surface area contributed by atoms with Crippen molar-refractivity contribution in [3.63, 3.8) is 0 Å². The SMILES string of the molecule is CC[C@H](NC(=O)C(F)F)C(=O)O. The summed E-state index contributed by atoms with van der Waals surface area (Å²) in [7, 11) is 0. The number of rotatable bonds is 4. The summed E-state index contributed by atoms with van der Waals surface area (Å²) < 4.78 is 23.2. The lowest BCUT2D eigenvalue weighted by molar-refractivity contribution is -0.144. The number of halogens is 2. The number of hydrogen-bond acceptors (Lipinski definition) is 2. The van der Waals surface area contributed by atoms with E-state index < -0.39 is 24.3 Å². The molecule has 0 aromatic carbocycles. The Kier molecular flexibility index (Phi) is 4.17. The number of nitrogens with one attached hydrogen (secondary N) is 1. The van der Waals surface area contributed by atoms with Crippen LogP contribution in [0.25, 0.3) is 0 Å². The minimum Gasteiger partial charge on any atom is -0.480 e. The van der Waals surface area contributed by atoms with Gasteiger partial charge in [0.25, 0.3) is 5.91 Å². The number of hydrogen-bond donors (Lipinski definition) is 2. The molecule has 0 fully saturated rings. The maximum absolute atomic E-state index is 11.6. The Morgan fingerprint density at radius 1 is 1.50 bits per heavy atom. The van der Waals surface area contributed by atoms with E-state index in [1.165, 1.54) is 6.92 Å². The molecule has 0 heterocycles. The summed E-state index contributed by atoms with van der Waals surface area (Å²) in [4.78, 5) is 20.5. The van der Waals surface area contributed by atoms with E-state index in [4.69, 9.17) is 5.11 Å². The first-order chi connectivity index (χ1) is 5.49. The molecule has 0 aliphatic heterocycles. The summed E-state index contributed by atoms with van der Waals surface area (Å²) in [6.07, 6.45) is -3.09. The minimum atomic E-state index is -3.17. The average molecular weight is 181 g/mol. The lowest BCUT2D eigenvalue weighted by Gasteiger charge is -2.10. The van der Waals surface area contributed by atoms with Crippen LogP contribution in [-0.4, -0.2) is 29.5 Å². The average Bonchev–Trinajstić information content (AvgIpc) is 1.98. The summed E-state index contributed by atoms with van der Waals surface area (Å²) in [6, 6.07) is -1.23. The van der Waals surface area contributed by atoms with Gasteiger partial charge >= 0.3 is 12.4 Å². The maximum Gasteiger partial charge on any atom is 0.326 e. The standard InChI is InChI=1S/C6H9F2NO3/c1-2-3(6(11)12)9-5(10)4(7)8/h3-4H,2H2,1H3,(H,9,10)(H,11,12)/t3-/m0/s1. The maximum atomic E-state index is 11.6. The highest BCUT2D eigenvalue weighted by molar-refractivity contribution is 5.85. The molecule has 0 saturated heterocycles. The third-order valence-corrected chi connectivity index (χ3v) is 1.22. The molecular formula is C6H9F2NO3. The largest absolute Gasteiger partial charge is 0.480 e. The van der Waals surface area contributed by atoms with Crippen LogP contribution in [0.1, 0.15) is 13.3 Å². The van der Waals surface area contributed by atoms with Crippen LogP contribution < -0.4 is 5.32 Å². The second-order valence-electron chi connectivity index (χ2n) is 2.11. The predicted octanol–water partition coefficient (Wildman–Crippen LogP) is 0.231. The molecule has 0 aromatic rings. The molecule has 1 amide bonds. The summed E-state index contributed by atoms with van der Waals surface area (Å²) in [5, 5.41) is 10.0. The van der Waals surface area contributed by atoms with Gasteiger partial charge in [-0.15, -0.1) is 0 Å². The van der Waals surface area contributed by atoms with Gasteiger partial charge in [0.2, 0.25) is 0 Å². The number of carbonyl (C=O) groups is 2. The second-order valence-corrected chi connectivity index (χ2v) is 2.11. The van der Waals surface area contributed by atoms with Crippen molar-refractivity contribution in [2.75, 3.05) is 0 Å². The molecule has 0 aliphatic carbocycles. The molecule has 0 aromatic heterocycles. The van der Waals surface area contributed by atoms with Gasteiger partial charge < -0.3 is 10.4 Å². The smallest absolute Gasteiger partial charge is 0.326 e. The molecule has 70 valence electrons. The lowest BCUT2D eigenvalue weighted by Crippen LogP contribution is -2.42. The summed E-state index contributed by atoms with van der Waals surface area (Å²) in [5.74, 6) is -2.87. The van der Waals surface area contributed by atoms with Crippen LogP contribution in [-0.2, 0) is 9.59 Å². The Hall–Kier alpha value is -1.20. The highest BCUT2D eigenvalue weighted by Crippen LogP contribution is 1.96. The van der Waals surface area contributed by atoms with Gasteiger partial charge in [-0.2, -0.15) is 8.78 Å². The van der Waals surface area contributed by atoms with Crippen LogP contribution in [0.15, 0.2) is 0 Å². The Morgan fingerprint density at radius 2 is 2.00 bits per heavy atom. The molecule has 2 N–H and O–H groups in total. The molecule has 0 saturated carbocycles. The Morgan fingerprint density at radius 3 is 2.25 bits per heavy atom. The van der Waals surface area contributed by atoms with Crippen molar-refractivity contribution in [2.45, 2.75) is 25.8 Å². The van der Waals surface area contributed by atoms with Crippen molar-refractivity contribution < 1.29 is 23.5 Å². The zero-order valence-electron chi connectivity index (χ0n) is 6.38. The highest BCUT2D eigenvalue weighted by atomic mass is 19.3. The number of amides is 1. The first-order valence-electron chi connectivity index (χ1n) is 3.30. The van der Waals surface area contributed by atoms with E-state index in [0.717, 1.165) is 0 Å². The van der Waals surface area contributed by atoms with E-state index in [1.54, 1.807) is 5.32 Å². The molecule has 4 nitrogen and oxygen atoms in total. The molecule has 1 atom stereocenters. The van der Waals surface area contributed by atoms with Crippen LogP contribution in [0.3, 0.4) is 0 Å². The fraction of sp³-hybridized carbons (Fsp3) is 0.667. The normalized spacial score (nSPS) is 12.7. The van der Waals surface area contributed by atoms with E-state index in [-0.39, 0.29) is 6.42 Å². The van der Waals surface area contributed by atoms with Crippen molar-refractivity contribution >= 4 is 11.9 Å². The van der Waals surface area contributed by atoms with Gasteiger partial charge in [-0.05, 0) is 6.42 Å². The van der Waals surface area contributed by atoms with E-state index in [9.17, 15) is 18.4 Å². The summed E-state index contributed by atoms with van der Waals surface area (Å²) >= 11 is 0. The zero-order valence-corrected chi connectivity index (χ0v) is 6.38. The van der Waals surface area contributed by atoms with Crippen LogP contribution in [0, 0.1) is 0 Å². The number of carboxylic acids is 1. The molecule has 12 heavy (non-hydrogen) atoms. The van der Waals surface area contributed by atoms with Crippen LogP contribution in [0.2, 0.25) is 0 Å². The van der Waals surface area contributed by atoms with Gasteiger partial charge in [-0.1, -0.05) is 6.92 Å². The molecule has 6 heteroatoms. The van der Waals surface area contributed by atoms with Crippen molar-refractivity contribution in [3.8, 4) is 0 Å². The van der Waals surface area contributed by atoms with Gasteiger partial charge in [-0.25, -0.2) is 4.79 Å². The topological polar surface area (TPSA) is 66.4 Å². The van der Waals surface area contributed by atoms with Gasteiger partial charge in [0.1, 0.15) is 6.04 Å². The Labute approximate surface area is 67.6 Å². The third-order valence-electron chi connectivity index (χ3n) is 1.22. The highest BCUT2D eigenvalue weighted by Gasteiger charge is 2.22. The third kappa shape index (κ3) is 3.27. The lowest BCUT2D eigenvalue weighted by atomic mass is 10.2. The number of aliphatic carboxylic acids is 1. The Bertz CT molecular complexity index is 184. The van der Waals surface area contributed by atoms with Crippen molar-refractivity contribution in [2.24, 2.45) is 0 Å². The Balaban J connectivity index is 4.03. The monoisotopic (exact) mass is 181 g/mol. The predicted molar refractivity (Wildman–Crippen MR) is 35.9 cm³/mol. The fourth-order valence-electron chi connectivity index (χ4n) is 0.573. The fourth-order valence-corrected chi connectivity index (χ4v) is 0.573. The van der Waals surface area contributed by atoms with Crippen LogP contribution in [0.4, 0.5) is 8.78 Å². The van der Waals surface area contributed by atoms with Crippen molar-refractivity contribution in [3.05, 3.63) is 0 Å². The van der Waals surface area contributed by atoms with Crippen molar-refractivity contribution in [1.82, 2.24) is 5.32 Å². The molecule has 0 bridgehead atoms. The molecule has 0 radical (unpaired) electrons. The number of carboxylic acid groups (broad SMARTS) is 1. The molecule has 0 rings (SSSR count). The molecule has 0 aliphatic rings. The molecule has 0 spiro atoms. The number of carbonyl (C=O) groups excluding carboxylic acids is 1. The first-order valence-corrected chi connectivity index (χ1v) is 3.30. The molecular weight excluding hydrogens is 172 g/mol. The zero-order chi connectivity index (χ0) is 9.72. The van der Waals surface area contributed by atoms with Gasteiger partial charge in [-0.3, -0.25) is 4.79 Å². The first kappa shape index (κ1) is 10.8. The van der Waals surface area contributed by atoms with Crippen molar-refractivity contribution in [1.29, 1.82) is 0 Å². The van der Waals surface area contributed by atoms with Crippen LogP contribution >= 0.6 is 0 Å². The van der Waals surface area contributed by atoms with E-state index in [2.05, 4.69) is 0 Å². The van der Waals surface area contributed by atoms with Gasteiger partial charge in [0, 0.05) is 0 Å². The minimum absolute atomic E-state index is 0.0772. The quantitative estimate of drug-likeness (QED) is 0.652.